The van der Waals surface area contributed by atoms with Crippen molar-refractivity contribution in [2.24, 2.45) is 0 Å². The number of ether oxygens (including phenoxy) is 2. The van der Waals surface area contributed by atoms with Gasteiger partial charge in [0.15, 0.2) is 0 Å². The zero-order chi connectivity index (χ0) is 17.7. The zero-order valence-electron chi connectivity index (χ0n) is 14.5. The molecule has 0 unspecified atom stereocenters. The van der Waals surface area contributed by atoms with E-state index in [1.807, 2.05) is 39.0 Å². The summed E-state index contributed by atoms with van der Waals surface area (Å²) in [6.45, 7) is 5.90. The average Bonchev–Trinajstić information content (AvgIpc) is 2.54. The number of aromatic nitrogens is 1. The molecule has 0 spiro atoms. The van der Waals surface area contributed by atoms with Gasteiger partial charge in [-0.25, -0.2) is 4.79 Å². The van der Waals surface area contributed by atoms with Crippen LogP contribution in [0, 0.1) is 0 Å². The Morgan fingerprint density at radius 2 is 2.00 bits per heavy atom. The van der Waals surface area contributed by atoms with Crippen LogP contribution in [0.2, 0.25) is 0 Å². The fourth-order valence-corrected chi connectivity index (χ4v) is 2.47. The number of hydrogen-bond acceptors (Lipinski definition) is 4. The lowest BCUT2D eigenvalue weighted by Crippen LogP contribution is -2.08. The average molecular weight is 329 g/mol. The van der Waals surface area contributed by atoms with Crippen molar-refractivity contribution in [3.05, 3.63) is 41.6 Å². The molecule has 5 heteroatoms. The number of hydrogen-bond donors (Lipinski definition) is 1. The third kappa shape index (κ3) is 4.04. The van der Waals surface area contributed by atoms with Gasteiger partial charge in [0.1, 0.15) is 11.5 Å². The molecular formula is C19H23NO4. The van der Waals surface area contributed by atoms with Gasteiger partial charge in [0.2, 0.25) is 0 Å². The Bertz CT molecular complexity index is 725. The van der Waals surface area contributed by atoms with Crippen LogP contribution in [0.5, 0.6) is 11.5 Å². The Balaban J connectivity index is 2.54. The van der Waals surface area contributed by atoms with E-state index in [1.54, 1.807) is 19.2 Å². The van der Waals surface area contributed by atoms with E-state index in [2.05, 4.69) is 4.98 Å². The van der Waals surface area contributed by atoms with Crippen molar-refractivity contribution >= 4 is 5.97 Å². The third-order valence-corrected chi connectivity index (χ3v) is 3.52. The summed E-state index contributed by atoms with van der Waals surface area (Å²) < 4.78 is 11.1. The van der Waals surface area contributed by atoms with Gasteiger partial charge in [-0.15, -0.1) is 0 Å². The van der Waals surface area contributed by atoms with Gasteiger partial charge in [-0.3, -0.25) is 4.98 Å². The topological polar surface area (TPSA) is 68.7 Å². The second kappa shape index (κ2) is 7.81. The van der Waals surface area contributed by atoms with Crippen LogP contribution in [0.4, 0.5) is 0 Å². The standard InChI is InChI=1S/C19H23NO4/c1-5-6-16-15(19(21)22)9-10-17(20-16)14-8-7-13(23-4)11-18(14)24-12(2)3/h7-12H,5-6H2,1-4H3,(H,21,22). The van der Waals surface area contributed by atoms with Crippen molar-refractivity contribution in [1.82, 2.24) is 4.98 Å². The van der Waals surface area contributed by atoms with Gasteiger partial charge in [-0.1, -0.05) is 13.3 Å². The van der Waals surface area contributed by atoms with Crippen LogP contribution >= 0.6 is 0 Å². The van der Waals surface area contributed by atoms with Crippen LogP contribution in [0.15, 0.2) is 30.3 Å². The number of rotatable bonds is 7. The van der Waals surface area contributed by atoms with E-state index in [0.717, 1.165) is 12.0 Å². The molecule has 128 valence electrons. The SMILES string of the molecule is CCCc1nc(-c2ccc(OC)cc2OC(C)C)ccc1C(=O)O. The molecule has 0 radical (unpaired) electrons. The third-order valence-electron chi connectivity index (χ3n) is 3.52. The summed E-state index contributed by atoms with van der Waals surface area (Å²) in [4.78, 5) is 15.9. The van der Waals surface area contributed by atoms with Gasteiger partial charge in [-0.05, 0) is 44.5 Å². The van der Waals surface area contributed by atoms with E-state index in [9.17, 15) is 9.90 Å². The highest BCUT2D eigenvalue weighted by Gasteiger charge is 2.16. The normalized spacial score (nSPS) is 10.7. The summed E-state index contributed by atoms with van der Waals surface area (Å²) in [6.07, 6.45) is 1.45. The molecule has 1 N–H and O–H groups in total. The van der Waals surface area contributed by atoms with Crippen molar-refractivity contribution in [2.45, 2.75) is 39.7 Å². The molecule has 0 bridgehead atoms. The summed E-state index contributed by atoms with van der Waals surface area (Å²) in [5.74, 6) is 0.415. The van der Waals surface area contributed by atoms with Gasteiger partial charge in [-0.2, -0.15) is 0 Å². The summed E-state index contributed by atoms with van der Waals surface area (Å²) in [5.41, 5.74) is 2.36. The van der Waals surface area contributed by atoms with Crippen molar-refractivity contribution in [2.75, 3.05) is 7.11 Å². The van der Waals surface area contributed by atoms with Crippen LogP contribution in [0.25, 0.3) is 11.3 Å². The summed E-state index contributed by atoms with van der Waals surface area (Å²) >= 11 is 0. The predicted octanol–water partition coefficient (Wildman–Crippen LogP) is 4.20. The highest BCUT2D eigenvalue weighted by Crippen LogP contribution is 2.33. The van der Waals surface area contributed by atoms with E-state index < -0.39 is 5.97 Å². The first kappa shape index (κ1) is 17.8. The van der Waals surface area contributed by atoms with Crippen LogP contribution in [0.1, 0.15) is 43.2 Å². The summed E-state index contributed by atoms with van der Waals surface area (Å²) in [5, 5.41) is 9.31. The molecular weight excluding hydrogens is 306 g/mol. The molecule has 2 rings (SSSR count). The van der Waals surface area contributed by atoms with Gasteiger partial charge in [0, 0.05) is 11.6 Å². The van der Waals surface area contributed by atoms with Gasteiger partial charge >= 0.3 is 5.97 Å². The number of carboxylic acids is 1. The largest absolute Gasteiger partial charge is 0.497 e. The second-order valence-electron chi connectivity index (χ2n) is 5.77. The highest BCUT2D eigenvalue weighted by molar-refractivity contribution is 5.89. The minimum Gasteiger partial charge on any atom is -0.497 e. The zero-order valence-corrected chi connectivity index (χ0v) is 14.5. The summed E-state index contributed by atoms with van der Waals surface area (Å²) in [6, 6.07) is 8.88. The Hall–Kier alpha value is -2.56. The molecule has 1 heterocycles. The van der Waals surface area contributed by atoms with Crippen molar-refractivity contribution in [3.8, 4) is 22.8 Å². The minimum atomic E-state index is -0.953. The number of carboxylic acid groups (broad SMARTS) is 1. The summed E-state index contributed by atoms with van der Waals surface area (Å²) in [7, 11) is 1.60. The van der Waals surface area contributed by atoms with E-state index >= 15 is 0 Å². The fourth-order valence-electron chi connectivity index (χ4n) is 2.47. The maximum Gasteiger partial charge on any atom is 0.337 e. The molecule has 24 heavy (non-hydrogen) atoms. The lowest BCUT2D eigenvalue weighted by Gasteiger charge is -2.16. The Kier molecular flexibility index (Phi) is 5.79. The highest BCUT2D eigenvalue weighted by atomic mass is 16.5. The molecule has 0 saturated heterocycles. The molecule has 0 aliphatic rings. The first-order chi connectivity index (χ1) is 11.5. The van der Waals surface area contributed by atoms with Crippen LogP contribution in [-0.4, -0.2) is 29.3 Å². The van der Waals surface area contributed by atoms with Crippen LogP contribution < -0.4 is 9.47 Å². The number of methoxy groups -OCH3 is 1. The van der Waals surface area contributed by atoms with Gasteiger partial charge in [0.25, 0.3) is 0 Å². The lowest BCUT2D eigenvalue weighted by molar-refractivity contribution is 0.0695. The minimum absolute atomic E-state index is 0.00395. The van der Waals surface area contributed by atoms with E-state index in [0.29, 0.717) is 29.3 Å². The Morgan fingerprint density at radius 1 is 1.25 bits per heavy atom. The molecule has 0 aliphatic heterocycles. The molecule has 0 aliphatic carbocycles. The molecule has 0 amide bonds. The smallest absolute Gasteiger partial charge is 0.337 e. The van der Waals surface area contributed by atoms with Gasteiger partial charge in [0.05, 0.1) is 30.2 Å². The molecule has 1 aromatic carbocycles. The number of carbonyl (C=O) groups is 1. The Labute approximate surface area is 142 Å². The monoisotopic (exact) mass is 329 g/mol. The number of aryl methyl sites for hydroxylation is 1. The van der Waals surface area contributed by atoms with E-state index in [4.69, 9.17) is 9.47 Å². The van der Waals surface area contributed by atoms with E-state index in [-0.39, 0.29) is 11.7 Å². The van der Waals surface area contributed by atoms with Crippen molar-refractivity contribution in [3.63, 3.8) is 0 Å². The molecule has 5 nitrogen and oxygen atoms in total. The van der Waals surface area contributed by atoms with Crippen LogP contribution in [0.3, 0.4) is 0 Å². The van der Waals surface area contributed by atoms with Crippen molar-refractivity contribution < 1.29 is 19.4 Å². The maximum absolute atomic E-state index is 11.4. The van der Waals surface area contributed by atoms with E-state index in [1.165, 1.54) is 0 Å². The maximum atomic E-state index is 11.4. The number of aromatic carboxylic acids is 1. The number of benzene rings is 1. The first-order valence-corrected chi connectivity index (χ1v) is 8.04. The molecule has 0 fully saturated rings. The predicted molar refractivity (Wildman–Crippen MR) is 92.9 cm³/mol. The first-order valence-electron chi connectivity index (χ1n) is 8.04. The quantitative estimate of drug-likeness (QED) is 0.824. The van der Waals surface area contributed by atoms with Gasteiger partial charge < -0.3 is 14.6 Å². The second-order valence-corrected chi connectivity index (χ2v) is 5.77. The fraction of sp³-hybridized carbons (Fsp3) is 0.368. The van der Waals surface area contributed by atoms with Crippen molar-refractivity contribution in [1.29, 1.82) is 0 Å². The Morgan fingerprint density at radius 3 is 2.58 bits per heavy atom. The number of pyridine rings is 1. The number of nitrogens with zero attached hydrogens (tertiary/aromatic N) is 1. The molecule has 1 aromatic heterocycles. The molecule has 0 atom stereocenters. The molecule has 0 saturated carbocycles. The van der Waals surface area contributed by atoms with Crippen LogP contribution in [-0.2, 0) is 6.42 Å². The molecule has 2 aromatic rings. The lowest BCUT2D eigenvalue weighted by atomic mass is 10.0.